The molecule has 0 spiro atoms. The minimum atomic E-state index is -1.34. The number of benzene rings is 1. The Morgan fingerprint density at radius 2 is 1.98 bits per heavy atom. The summed E-state index contributed by atoms with van der Waals surface area (Å²) < 4.78 is 36.3. The number of halogens is 1. The first-order valence-corrected chi connectivity index (χ1v) is 19.9. The lowest BCUT2D eigenvalue weighted by atomic mass is 9.88. The fourth-order valence-electron chi connectivity index (χ4n) is 5.84. The second kappa shape index (κ2) is 18.3. The molecule has 1 aromatic carbocycles. The fraction of sp³-hybridized carbons (Fsp3) is 0.719. The zero-order valence-electron chi connectivity index (χ0n) is 27.6. The Balaban J connectivity index is 1.66. The van der Waals surface area contributed by atoms with Gasteiger partial charge in [0.25, 0.3) is 0 Å². The molecular formula is C32H53FN4O7Si. The number of hydrogen-bond donors (Lipinski definition) is 2. The van der Waals surface area contributed by atoms with Crippen LogP contribution in [0.5, 0.6) is 0 Å². The number of methoxy groups -OCH3 is 1. The molecule has 0 bridgehead atoms. The number of rotatable bonds is 14. The van der Waals surface area contributed by atoms with E-state index in [0.29, 0.717) is 50.8 Å². The van der Waals surface area contributed by atoms with Crippen molar-refractivity contribution >= 4 is 26.3 Å². The van der Waals surface area contributed by atoms with Gasteiger partial charge in [-0.1, -0.05) is 31.8 Å². The summed E-state index contributed by atoms with van der Waals surface area (Å²) in [6, 6.07) is 6.72. The van der Waals surface area contributed by atoms with Gasteiger partial charge in [-0.2, -0.15) is 0 Å². The van der Waals surface area contributed by atoms with Crippen LogP contribution >= 0.6 is 0 Å². The van der Waals surface area contributed by atoms with Gasteiger partial charge in [0.05, 0.1) is 26.4 Å². The van der Waals surface area contributed by atoms with E-state index in [1.165, 1.54) is 19.2 Å². The van der Waals surface area contributed by atoms with Crippen molar-refractivity contribution in [1.82, 2.24) is 20.4 Å². The SMILES string of the molecule is COC(=O)NCCO[C@@H](c1cccc(F)c1)[C@@H]1CCCN(C(=O)NC(CC2CCCOC2)CN(C)C(=O)OCC[Si](C)(C)C)C1. The van der Waals surface area contributed by atoms with E-state index in [0.717, 1.165) is 38.3 Å². The average Bonchev–Trinajstić information content (AvgIpc) is 3.00. The highest BCUT2D eigenvalue weighted by Crippen LogP contribution is 2.33. The Morgan fingerprint density at radius 3 is 2.67 bits per heavy atom. The lowest BCUT2D eigenvalue weighted by Crippen LogP contribution is -2.53. The van der Waals surface area contributed by atoms with Crippen LogP contribution in [0.1, 0.15) is 43.8 Å². The molecule has 2 N–H and O–H groups in total. The maximum Gasteiger partial charge on any atom is 0.409 e. The van der Waals surface area contributed by atoms with Gasteiger partial charge in [-0.05, 0) is 61.8 Å². The quantitative estimate of drug-likeness (QED) is 0.208. The molecule has 11 nitrogen and oxygen atoms in total. The van der Waals surface area contributed by atoms with Crippen LogP contribution in [-0.2, 0) is 18.9 Å². The molecule has 2 unspecified atom stereocenters. The van der Waals surface area contributed by atoms with E-state index >= 15 is 0 Å². The van der Waals surface area contributed by atoms with Crippen molar-refractivity contribution < 1.29 is 37.7 Å². The molecule has 2 aliphatic heterocycles. The van der Waals surface area contributed by atoms with Crippen molar-refractivity contribution in [2.24, 2.45) is 11.8 Å². The molecule has 0 saturated carbocycles. The summed E-state index contributed by atoms with van der Waals surface area (Å²) in [7, 11) is 1.66. The lowest BCUT2D eigenvalue weighted by molar-refractivity contribution is -0.00897. The third kappa shape index (κ3) is 13.2. The van der Waals surface area contributed by atoms with Gasteiger partial charge >= 0.3 is 18.2 Å². The molecule has 0 radical (unpaired) electrons. The van der Waals surface area contributed by atoms with Crippen molar-refractivity contribution in [3.8, 4) is 0 Å². The van der Waals surface area contributed by atoms with Crippen LogP contribution in [0.4, 0.5) is 18.8 Å². The highest BCUT2D eigenvalue weighted by Gasteiger charge is 2.33. The van der Waals surface area contributed by atoms with E-state index in [1.54, 1.807) is 22.9 Å². The van der Waals surface area contributed by atoms with Crippen LogP contribution in [0, 0.1) is 17.7 Å². The number of piperidine rings is 1. The second-order valence-corrected chi connectivity index (χ2v) is 19.0. The van der Waals surface area contributed by atoms with Crippen LogP contribution in [-0.4, -0.2) is 109 Å². The molecule has 2 saturated heterocycles. The first-order chi connectivity index (χ1) is 21.4. The predicted octanol–water partition coefficient (Wildman–Crippen LogP) is 5.25. The third-order valence-corrected chi connectivity index (χ3v) is 9.99. The Labute approximate surface area is 268 Å². The molecule has 254 valence electrons. The van der Waals surface area contributed by atoms with Gasteiger partial charge in [0.2, 0.25) is 0 Å². The van der Waals surface area contributed by atoms with Crippen molar-refractivity contribution in [2.75, 3.05) is 66.8 Å². The number of alkyl carbamates (subject to hydrolysis) is 1. The van der Waals surface area contributed by atoms with Gasteiger partial charge in [0.1, 0.15) is 5.82 Å². The van der Waals surface area contributed by atoms with Crippen LogP contribution in [0.3, 0.4) is 0 Å². The van der Waals surface area contributed by atoms with E-state index in [2.05, 4.69) is 35.0 Å². The number of nitrogens with one attached hydrogen (secondary N) is 2. The third-order valence-electron chi connectivity index (χ3n) is 8.29. The van der Waals surface area contributed by atoms with Crippen molar-refractivity contribution in [2.45, 2.75) is 69.9 Å². The Hall–Kier alpha value is -2.90. The molecule has 0 aliphatic carbocycles. The molecule has 0 aromatic heterocycles. The summed E-state index contributed by atoms with van der Waals surface area (Å²) in [4.78, 5) is 41.3. The molecule has 2 fully saturated rings. The highest BCUT2D eigenvalue weighted by molar-refractivity contribution is 6.76. The summed E-state index contributed by atoms with van der Waals surface area (Å²) in [5.41, 5.74) is 0.685. The molecule has 2 heterocycles. The van der Waals surface area contributed by atoms with Gasteiger partial charge in [0.15, 0.2) is 0 Å². The van der Waals surface area contributed by atoms with Crippen molar-refractivity contribution in [1.29, 1.82) is 0 Å². The summed E-state index contributed by atoms with van der Waals surface area (Å²) in [5, 5.41) is 5.80. The number of carbonyl (C=O) groups is 3. The Morgan fingerprint density at radius 1 is 1.18 bits per heavy atom. The Bertz CT molecular complexity index is 1090. The molecule has 1 aromatic rings. The van der Waals surface area contributed by atoms with E-state index < -0.39 is 20.3 Å². The van der Waals surface area contributed by atoms with Crippen molar-refractivity contribution in [3.63, 3.8) is 0 Å². The number of likely N-dealkylation sites (N-methyl/N-ethyl adjacent to an activating group) is 1. The molecule has 4 atom stereocenters. The smallest absolute Gasteiger partial charge is 0.409 e. The number of carbonyl (C=O) groups excluding carboxylic acids is 3. The Kier molecular flexibility index (Phi) is 14.9. The van der Waals surface area contributed by atoms with Crippen LogP contribution in [0.2, 0.25) is 25.7 Å². The summed E-state index contributed by atoms with van der Waals surface area (Å²) >= 11 is 0. The minimum Gasteiger partial charge on any atom is -0.453 e. The number of hydrogen-bond acceptors (Lipinski definition) is 7. The fourth-order valence-corrected chi connectivity index (χ4v) is 6.56. The molecule has 45 heavy (non-hydrogen) atoms. The maximum absolute atomic E-state index is 14.2. The number of ether oxygens (including phenoxy) is 4. The minimum absolute atomic E-state index is 0.0846. The zero-order valence-corrected chi connectivity index (χ0v) is 28.6. The summed E-state index contributed by atoms with van der Waals surface area (Å²) in [6.45, 7) is 10.3. The van der Waals surface area contributed by atoms with Gasteiger partial charge < -0.3 is 39.4 Å². The molecule has 13 heteroatoms. The predicted molar refractivity (Wildman–Crippen MR) is 172 cm³/mol. The second-order valence-electron chi connectivity index (χ2n) is 13.4. The number of amides is 4. The van der Waals surface area contributed by atoms with Crippen molar-refractivity contribution in [3.05, 3.63) is 35.6 Å². The van der Waals surface area contributed by atoms with Crippen LogP contribution in [0.25, 0.3) is 0 Å². The molecule has 4 amide bonds. The largest absolute Gasteiger partial charge is 0.453 e. The standard InChI is InChI=1S/C32H53FN4O7Si/c1-36(32(40)44-17-18-45(3,4)5)22-28(19-24-9-8-15-42-23-24)35-30(38)37-14-7-11-26(21-37)29(25-10-6-12-27(33)20-25)43-16-13-34-31(39)41-2/h6,10,12,20,24,26,28-29H,7-9,11,13-19,21-23H2,1-5H3,(H,34,39)(H,35,38)/t24?,26-,28?,29+/m1/s1. The van der Waals surface area contributed by atoms with Gasteiger partial charge in [0, 0.05) is 66.5 Å². The number of likely N-dealkylation sites (tertiary alicyclic amines) is 1. The first-order valence-electron chi connectivity index (χ1n) is 16.1. The summed E-state index contributed by atoms with van der Waals surface area (Å²) in [5.74, 6) is -0.158. The first kappa shape index (κ1) is 36.6. The van der Waals surface area contributed by atoms with Crippen LogP contribution in [0.15, 0.2) is 24.3 Å². The molecule has 2 aliphatic rings. The molecular weight excluding hydrogens is 599 g/mol. The summed E-state index contributed by atoms with van der Waals surface area (Å²) in [6.07, 6.45) is 2.83. The monoisotopic (exact) mass is 652 g/mol. The van der Waals surface area contributed by atoms with E-state index in [1.807, 2.05) is 6.07 Å². The zero-order chi connectivity index (χ0) is 32.8. The normalized spacial score (nSPS) is 20.1. The van der Waals surface area contributed by atoms with Crippen LogP contribution < -0.4 is 10.6 Å². The van der Waals surface area contributed by atoms with Gasteiger partial charge in [-0.15, -0.1) is 0 Å². The lowest BCUT2D eigenvalue weighted by Gasteiger charge is -2.38. The number of urea groups is 1. The van der Waals surface area contributed by atoms with Gasteiger partial charge in [-0.25, -0.2) is 18.8 Å². The maximum atomic E-state index is 14.2. The average molecular weight is 653 g/mol. The van der Waals surface area contributed by atoms with E-state index in [9.17, 15) is 18.8 Å². The molecule has 3 rings (SSSR count). The highest BCUT2D eigenvalue weighted by atomic mass is 28.3. The number of nitrogens with zero attached hydrogens (tertiary/aromatic N) is 2. The van der Waals surface area contributed by atoms with Gasteiger partial charge in [-0.3, -0.25) is 0 Å². The topological polar surface area (TPSA) is 119 Å². The van der Waals surface area contributed by atoms with E-state index in [-0.39, 0.29) is 43.1 Å². The van der Waals surface area contributed by atoms with E-state index in [4.69, 9.17) is 14.2 Å².